The first kappa shape index (κ1) is 16.6. The van der Waals surface area contributed by atoms with Crippen LogP contribution in [0.5, 0.6) is 0 Å². The predicted molar refractivity (Wildman–Crippen MR) is 108 cm³/mol. The van der Waals surface area contributed by atoms with Crippen molar-refractivity contribution in [3.05, 3.63) is 108 Å². The molecule has 2 unspecified atom stereocenters. The van der Waals surface area contributed by atoms with Gasteiger partial charge in [0.1, 0.15) is 11.8 Å². The van der Waals surface area contributed by atoms with Crippen molar-refractivity contribution in [3.8, 4) is 0 Å². The number of hydrogen-bond acceptors (Lipinski definition) is 2. The molecular weight excluding hydrogens is 318 g/mol. The van der Waals surface area contributed by atoms with Gasteiger partial charge in [-0.2, -0.15) is 0 Å². The topological polar surface area (TPSA) is 21.3 Å². The summed E-state index contributed by atoms with van der Waals surface area (Å²) in [7, 11) is 0. The molecule has 0 aromatic heterocycles. The number of nitrogens with one attached hydrogen (secondary N) is 1. The monoisotopic (exact) mass is 341 g/mol. The van der Waals surface area contributed by atoms with E-state index in [1.165, 1.54) is 16.7 Å². The van der Waals surface area contributed by atoms with Crippen molar-refractivity contribution in [1.29, 1.82) is 0 Å². The van der Waals surface area contributed by atoms with Crippen molar-refractivity contribution in [1.82, 2.24) is 0 Å². The van der Waals surface area contributed by atoms with E-state index in [4.69, 9.17) is 4.74 Å². The average molecular weight is 341 g/mol. The molecule has 0 spiro atoms. The molecule has 0 fully saturated rings. The summed E-state index contributed by atoms with van der Waals surface area (Å²) in [4.78, 5) is 0. The van der Waals surface area contributed by atoms with Crippen molar-refractivity contribution < 1.29 is 4.74 Å². The Morgan fingerprint density at radius 1 is 0.885 bits per heavy atom. The van der Waals surface area contributed by atoms with E-state index in [2.05, 4.69) is 85.1 Å². The molecule has 0 saturated heterocycles. The van der Waals surface area contributed by atoms with Crippen molar-refractivity contribution in [3.63, 3.8) is 0 Å². The summed E-state index contributed by atoms with van der Waals surface area (Å²) in [5.74, 6) is 0. The van der Waals surface area contributed by atoms with Gasteiger partial charge in [-0.05, 0) is 29.7 Å². The molecule has 26 heavy (non-hydrogen) atoms. The lowest BCUT2D eigenvalue weighted by Crippen LogP contribution is -2.42. The average Bonchev–Trinajstić information content (AvgIpc) is 2.73. The predicted octanol–water partition coefficient (Wildman–Crippen LogP) is 5.82. The second kappa shape index (κ2) is 7.19. The maximum Gasteiger partial charge on any atom is 0.149 e. The number of para-hydroxylation sites is 1. The molecule has 130 valence electrons. The Bertz CT molecular complexity index is 888. The lowest BCUT2D eigenvalue weighted by Gasteiger charge is -2.42. The summed E-state index contributed by atoms with van der Waals surface area (Å²) in [6.07, 6.45) is 4.88. The van der Waals surface area contributed by atoms with Crippen LogP contribution in [0.15, 0.2) is 91.0 Å². The van der Waals surface area contributed by atoms with Crippen molar-refractivity contribution in [2.45, 2.75) is 25.2 Å². The van der Waals surface area contributed by atoms with E-state index in [-0.39, 0.29) is 6.23 Å². The summed E-state index contributed by atoms with van der Waals surface area (Å²) >= 11 is 0. The summed E-state index contributed by atoms with van der Waals surface area (Å²) in [5.41, 5.74) is 4.23. The molecule has 0 saturated carbocycles. The van der Waals surface area contributed by atoms with Crippen LogP contribution in [0.3, 0.4) is 0 Å². The highest BCUT2D eigenvalue weighted by Crippen LogP contribution is 2.44. The minimum absolute atomic E-state index is 0.190. The quantitative estimate of drug-likeness (QED) is 0.645. The molecule has 0 aliphatic carbocycles. The first-order chi connectivity index (χ1) is 12.8. The van der Waals surface area contributed by atoms with Gasteiger partial charge in [0.25, 0.3) is 0 Å². The van der Waals surface area contributed by atoms with Gasteiger partial charge in [-0.3, -0.25) is 0 Å². The fourth-order valence-corrected chi connectivity index (χ4v) is 3.68. The molecule has 3 aromatic carbocycles. The maximum absolute atomic E-state index is 6.66. The highest BCUT2D eigenvalue weighted by Gasteiger charge is 2.40. The molecule has 1 aliphatic heterocycles. The van der Waals surface area contributed by atoms with Crippen LogP contribution in [0.4, 0.5) is 5.69 Å². The van der Waals surface area contributed by atoms with E-state index in [0.29, 0.717) is 0 Å². The van der Waals surface area contributed by atoms with Gasteiger partial charge < -0.3 is 10.1 Å². The van der Waals surface area contributed by atoms with Gasteiger partial charge in [-0.25, -0.2) is 0 Å². The Labute approximate surface area is 155 Å². The smallest absolute Gasteiger partial charge is 0.149 e. The van der Waals surface area contributed by atoms with Crippen LogP contribution in [0.2, 0.25) is 0 Å². The molecule has 0 amide bonds. The highest BCUT2D eigenvalue weighted by molar-refractivity contribution is 5.61. The second-order valence-electron chi connectivity index (χ2n) is 6.54. The molecular formula is C24H23NO. The Balaban J connectivity index is 1.75. The van der Waals surface area contributed by atoms with Crippen molar-refractivity contribution in [2.24, 2.45) is 0 Å². The van der Waals surface area contributed by atoms with Crippen molar-refractivity contribution in [2.75, 3.05) is 5.32 Å². The summed E-state index contributed by atoms with van der Waals surface area (Å²) < 4.78 is 6.66. The number of benzene rings is 3. The zero-order chi connectivity index (χ0) is 17.8. The molecule has 3 aromatic rings. The van der Waals surface area contributed by atoms with Gasteiger partial charge in [-0.1, -0.05) is 91.9 Å². The first-order valence-corrected chi connectivity index (χ1v) is 9.14. The standard InChI is InChI=1S/C24H23NO/c1-2-24(20-13-7-4-8-14-20)21-15-9-10-16-22(21)25-23(26-24)18-17-19-11-5-3-6-12-19/h3-18,23,25H,2H2,1H3/b18-17+. The highest BCUT2D eigenvalue weighted by atomic mass is 16.5. The number of hydrogen-bond donors (Lipinski definition) is 1. The van der Waals surface area contributed by atoms with Crippen LogP contribution >= 0.6 is 0 Å². The Kier molecular flexibility index (Phi) is 4.59. The minimum Gasteiger partial charge on any atom is -0.356 e. The molecule has 2 nitrogen and oxygen atoms in total. The SMILES string of the molecule is CCC1(c2ccccc2)OC(/C=C/c2ccccc2)Nc2ccccc21. The number of anilines is 1. The maximum atomic E-state index is 6.66. The Morgan fingerprint density at radius 3 is 2.27 bits per heavy atom. The number of rotatable bonds is 4. The minimum atomic E-state index is -0.450. The van der Waals surface area contributed by atoms with Crippen LogP contribution in [-0.2, 0) is 10.3 Å². The molecule has 2 heteroatoms. The summed E-state index contributed by atoms with van der Waals surface area (Å²) in [6, 6.07) is 29.3. The molecule has 1 N–H and O–H groups in total. The summed E-state index contributed by atoms with van der Waals surface area (Å²) in [5, 5.41) is 3.52. The van der Waals surface area contributed by atoms with Crippen LogP contribution in [0.25, 0.3) is 6.08 Å². The first-order valence-electron chi connectivity index (χ1n) is 9.14. The van der Waals surface area contributed by atoms with E-state index in [0.717, 1.165) is 12.1 Å². The zero-order valence-corrected chi connectivity index (χ0v) is 14.9. The zero-order valence-electron chi connectivity index (χ0n) is 14.9. The largest absolute Gasteiger partial charge is 0.356 e. The molecule has 0 bridgehead atoms. The van der Waals surface area contributed by atoms with E-state index < -0.39 is 5.60 Å². The second-order valence-corrected chi connectivity index (χ2v) is 6.54. The Hall–Kier alpha value is -2.84. The van der Waals surface area contributed by atoms with Gasteiger partial charge in [0.05, 0.1) is 0 Å². The van der Waals surface area contributed by atoms with E-state index in [1.54, 1.807) is 0 Å². The molecule has 0 radical (unpaired) electrons. The molecule has 4 rings (SSSR count). The van der Waals surface area contributed by atoms with Gasteiger partial charge in [0.2, 0.25) is 0 Å². The van der Waals surface area contributed by atoms with E-state index >= 15 is 0 Å². The van der Waals surface area contributed by atoms with Gasteiger partial charge in [0, 0.05) is 11.3 Å². The fourth-order valence-electron chi connectivity index (χ4n) is 3.68. The summed E-state index contributed by atoms with van der Waals surface area (Å²) in [6.45, 7) is 2.19. The van der Waals surface area contributed by atoms with Crippen molar-refractivity contribution >= 4 is 11.8 Å². The van der Waals surface area contributed by atoms with Crippen LogP contribution in [-0.4, -0.2) is 6.23 Å². The van der Waals surface area contributed by atoms with E-state index in [9.17, 15) is 0 Å². The van der Waals surface area contributed by atoms with Crippen LogP contribution in [0.1, 0.15) is 30.0 Å². The molecule has 1 heterocycles. The fraction of sp³-hybridized carbons (Fsp3) is 0.167. The lowest BCUT2D eigenvalue weighted by molar-refractivity contribution is -0.0506. The third-order valence-electron chi connectivity index (χ3n) is 4.99. The normalized spacial score (nSPS) is 22.0. The molecule has 2 atom stereocenters. The van der Waals surface area contributed by atoms with Gasteiger partial charge in [0.15, 0.2) is 0 Å². The van der Waals surface area contributed by atoms with Gasteiger partial charge in [-0.15, -0.1) is 0 Å². The van der Waals surface area contributed by atoms with Gasteiger partial charge >= 0.3 is 0 Å². The van der Waals surface area contributed by atoms with Crippen LogP contribution in [0, 0.1) is 0 Å². The van der Waals surface area contributed by atoms with Crippen LogP contribution < -0.4 is 5.32 Å². The number of fused-ring (bicyclic) bond motifs is 1. The lowest BCUT2D eigenvalue weighted by atomic mass is 9.81. The molecule has 1 aliphatic rings. The number of ether oxygens (including phenoxy) is 1. The third kappa shape index (κ3) is 3.04. The van der Waals surface area contributed by atoms with E-state index in [1.807, 2.05) is 24.3 Å². The third-order valence-corrected chi connectivity index (χ3v) is 4.99. The Morgan fingerprint density at radius 2 is 1.54 bits per heavy atom.